The Morgan fingerprint density at radius 2 is 1.88 bits per heavy atom. The van der Waals surface area contributed by atoms with Crippen molar-refractivity contribution in [3.05, 3.63) is 53.9 Å². The Hall–Kier alpha value is -2.34. The number of urea groups is 1. The Morgan fingerprint density at radius 3 is 2.50 bits per heavy atom. The largest absolute Gasteiger partial charge is 0.388 e. The van der Waals surface area contributed by atoms with Crippen LogP contribution in [0.25, 0.3) is 0 Å². The van der Waals surface area contributed by atoms with E-state index in [1.54, 1.807) is 6.20 Å². The van der Waals surface area contributed by atoms with Gasteiger partial charge in [-0.05, 0) is 30.0 Å². The summed E-state index contributed by atoms with van der Waals surface area (Å²) in [6.07, 6.45) is 4.87. The molecule has 0 aliphatic carbocycles. The maximum absolute atomic E-state index is 12.0. The SMILES string of the molecule is CCC(O)(CC)CNC(=O)NCc1ccccc1Cn1cccn1. The van der Waals surface area contributed by atoms with Gasteiger partial charge < -0.3 is 15.7 Å². The Morgan fingerprint density at radius 1 is 1.17 bits per heavy atom. The van der Waals surface area contributed by atoms with Crippen molar-refractivity contribution in [2.45, 2.75) is 45.4 Å². The summed E-state index contributed by atoms with van der Waals surface area (Å²) in [5.41, 5.74) is 1.32. The average molecular weight is 330 g/mol. The minimum atomic E-state index is -0.838. The molecular formula is C18H26N4O2. The fourth-order valence-electron chi connectivity index (χ4n) is 2.44. The summed E-state index contributed by atoms with van der Waals surface area (Å²) < 4.78 is 1.85. The fourth-order valence-corrected chi connectivity index (χ4v) is 2.44. The first-order valence-corrected chi connectivity index (χ1v) is 8.34. The van der Waals surface area contributed by atoms with E-state index >= 15 is 0 Å². The van der Waals surface area contributed by atoms with Crippen molar-refractivity contribution < 1.29 is 9.90 Å². The molecule has 1 heterocycles. The second-order valence-electron chi connectivity index (χ2n) is 5.94. The van der Waals surface area contributed by atoms with Crippen LogP contribution in [0.2, 0.25) is 0 Å². The molecule has 0 spiro atoms. The number of rotatable bonds is 8. The van der Waals surface area contributed by atoms with Gasteiger partial charge >= 0.3 is 6.03 Å². The summed E-state index contributed by atoms with van der Waals surface area (Å²) in [7, 11) is 0. The van der Waals surface area contributed by atoms with Crippen molar-refractivity contribution in [1.82, 2.24) is 20.4 Å². The molecule has 0 aliphatic rings. The number of hydrogen-bond acceptors (Lipinski definition) is 3. The molecule has 1 aromatic heterocycles. The van der Waals surface area contributed by atoms with Gasteiger partial charge in [0, 0.05) is 25.5 Å². The van der Waals surface area contributed by atoms with E-state index in [1.807, 2.05) is 55.1 Å². The lowest BCUT2D eigenvalue weighted by molar-refractivity contribution is 0.0349. The lowest BCUT2D eigenvalue weighted by Gasteiger charge is -2.25. The summed E-state index contributed by atoms with van der Waals surface area (Å²) in [5, 5.41) is 20.0. The maximum Gasteiger partial charge on any atom is 0.315 e. The predicted molar refractivity (Wildman–Crippen MR) is 93.5 cm³/mol. The van der Waals surface area contributed by atoms with Crippen molar-refractivity contribution in [2.75, 3.05) is 6.54 Å². The molecular weight excluding hydrogens is 304 g/mol. The molecule has 0 radical (unpaired) electrons. The predicted octanol–water partition coefficient (Wildman–Crippen LogP) is 2.28. The minimum Gasteiger partial charge on any atom is -0.388 e. The number of hydrogen-bond donors (Lipinski definition) is 3. The molecule has 0 aliphatic heterocycles. The van der Waals surface area contributed by atoms with Crippen LogP contribution in [0.1, 0.15) is 37.8 Å². The quantitative estimate of drug-likeness (QED) is 0.695. The molecule has 130 valence electrons. The number of nitrogens with zero attached hydrogens (tertiary/aromatic N) is 2. The lowest BCUT2D eigenvalue weighted by atomic mass is 9.98. The number of amides is 2. The van der Waals surface area contributed by atoms with Crippen molar-refractivity contribution in [1.29, 1.82) is 0 Å². The molecule has 3 N–H and O–H groups in total. The van der Waals surface area contributed by atoms with Crippen LogP contribution >= 0.6 is 0 Å². The highest BCUT2D eigenvalue weighted by molar-refractivity contribution is 5.73. The molecule has 2 aromatic rings. The highest BCUT2D eigenvalue weighted by Crippen LogP contribution is 2.13. The Kier molecular flexibility index (Phi) is 6.37. The second-order valence-corrected chi connectivity index (χ2v) is 5.94. The van der Waals surface area contributed by atoms with Gasteiger partial charge in [0.1, 0.15) is 0 Å². The smallest absolute Gasteiger partial charge is 0.315 e. The zero-order valence-corrected chi connectivity index (χ0v) is 14.3. The number of aliphatic hydroxyl groups is 1. The molecule has 6 heteroatoms. The van der Waals surface area contributed by atoms with E-state index in [0.29, 0.717) is 25.9 Å². The van der Waals surface area contributed by atoms with Crippen LogP contribution < -0.4 is 10.6 Å². The molecule has 0 unspecified atom stereocenters. The third kappa shape index (κ3) is 5.09. The molecule has 0 bridgehead atoms. The molecule has 2 amide bonds. The van der Waals surface area contributed by atoms with Gasteiger partial charge in [-0.2, -0.15) is 5.10 Å². The Balaban J connectivity index is 1.89. The normalized spacial score (nSPS) is 11.3. The van der Waals surface area contributed by atoms with Crippen LogP contribution in [0, 0.1) is 0 Å². The van der Waals surface area contributed by atoms with E-state index in [9.17, 15) is 9.90 Å². The zero-order chi connectivity index (χ0) is 17.4. The van der Waals surface area contributed by atoms with Crippen molar-refractivity contribution in [2.24, 2.45) is 0 Å². The van der Waals surface area contributed by atoms with E-state index in [-0.39, 0.29) is 12.6 Å². The first kappa shape index (κ1) is 18.0. The number of aromatic nitrogens is 2. The molecule has 0 saturated heterocycles. The Bertz CT molecular complexity index is 636. The number of carbonyl (C=O) groups excluding carboxylic acids is 1. The van der Waals surface area contributed by atoms with Crippen LogP contribution in [0.15, 0.2) is 42.7 Å². The molecule has 0 saturated carbocycles. The van der Waals surface area contributed by atoms with E-state index < -0.39 is 5.60 Å². The first-order chi connectivity index (χ1) is 11.6. The topological polar surface area (TPSA) is 79.2 Å². The van der Waals surface area contributed by atoms with Crippen molar-refractivity contribution >= 4 is 6.03 Å². The highest BCUT2D eigenvalue weighted by Gasteiger charge is 2.22. The van der Waals surface area contributed by atoms with Crippen molar-refractivity contribution in [3.63, 3.8) is 0 Å². The van der Waals surface area contributed by atoms with Gasteiger partial charge in [-0.25, -0.2) is 4.79 Å². The fraction of sp³-hybridized carbons (Fsp3) is 0.444. The number of benzene rings is 1. The first-order valence-electron chi connectivity index (χ1n) is 8.34. The van der Waals surface area contributed by atoms with Gasteiger partial charge in [-0.1, -0.05) is 38.1 Å². The van der Waals surface area contributed by atoms with Crippen LogP contribution in [-0.2, 0) is 13.1 Å². The van der Waals surface area contributed by atoms with Gasteiger partial charge in [0.2, 0.25) is 0 Å². The van der Waals surface area contributed by atoms with Gasteiger partial charge in [-0.3, -0.25) is 4.68 Å². The lowest BCUT2D eigenvalue weighted by Crippen LogP contribution is -2.45. The average Bonchev–Trinajstić information content (AvgIpc) is 3.12. The maximum atomic E-state index is 12.0. The molecule has 0 fully saturated rings. The minimum absolute atomic E-state index is 0.251. The standard InChI is InChI=1S/C18H26N4O2/c1-3-18(24,4-2)14-20-17(23)19-12-15-8-5-6-9-16(15)13-22-11-7-10-21-22/h5-11,24H,3-4,12-14H2,1-2H3,(H2,19,20,23). The third-order valence-electron chi connectivity index (χ3n) is 4.34. The van der Waals surface area contributed by atoms with E-state index in [2.05, 4.69) is 15.7 Å². The summed E-state index contributed by atoms with van der Waals surface area (Å²) in [4.78, 5) is 12.0. The molecule has 2 rings (SSSR count). The van der Waals surface area contributed by atoms with Crippen LogP contribution in [-0.4, -0.2) is 33.1 Å². The van der Waals surface area contributed by atoms with Gasteiger partial charge in [0.05, 0.1) is 12.1 Å². The Labute approximate surface area is 142 Å². The molecule has 1 aromatic carbocycles. The summed E-state index contributed by atoms with van der Waals surface area (Å²) in [6.45, 7) is 5.17. The summed E-state index contributed by atoms with van der Waals surface area (Å²) in [6, 6.07) is 9.57. The number of nitrogens with one attached hydrogen (secondary N) is 2. The van der Waals surface area contributed by atoms with Crippen LogP contribution in [0.4, 0.5) is 4.79 Å². The van der Waals surface area contributed by atoms with E-state index in [4.69, 9.17) is 0 Å². The third-order valence-corrected chi connectivity index (χ3v) is 4.34. The molecule has 6 nitrogen and oxygen atoms in total. The van der Waals surface area contributed by atoms with Crippen LogP contribution in [0.3, 0.4) is 0 Å². The second kappa shape index (κ2) is 8.49. The van der Waals surface area contributed by atoms with Gasteiger partial charge in [-0.15, -0.1) is 0 Å². The van der Waals surface area contributed by atoms with Gasteiger partial charge in [0.15, 0.2) is 0 Å². The molecule has 0 atom stereocenters. The van der Waals surface area contributed by atoms with Crippen molar-refractivity contribution in [3.8, 4) is 0 Å². The number of carbonyl (C=O) groups is 1. The van der Waals surface area contributed by atoms with E-state index in [0.717, 1.165) is 11.1 Å². The molecule has 24 heavy (non-hydrogen) atoms. The van der Waals surface area contributed by atoms with E-state index in [1.165, 1.54) is 0 Å². The monoisotopic (exact) mass is 330 g/mol. The van der Waals surface area contributed by atoms with Gasteiger partial charge in [0.25, 0.3) is 0 Å². The zero-order valence-electron chi connectivity index (χ0n) is 14.3. The summed E-state index contributed by atoms with van der Waals surface area (Å²) >= 11 is 0. The summed E-state index contributed by atoms with van der Waals surface area (Å²) in [5.74, 6) is 0. The highest BCUT2D eigenvalue weighted by atomic mass is 16.3. The van der Waals surface area contributed by atoms with Crippen LogP contribution in [0.5, 0.6) is 0 Å².